The summed E-state index contributed by atoms with van der Waals surface area (Å²) >= 11 is 0. The normalized spacial score (nSPS) is 12.9. The second-order valence-electron chi connectivity index (χ2n) is 2.46. The molecule has 1 aromatic rings. The van der Waals surface area contributed by atoms with Crippen molar-refractivity contribution < 1.29 is 5.11 Å². The zero-order valence-corrected chi connectivity index (χ0v) is 6.20. The van der Waals surface area contributed by atoms with Crippen molar-refractivity contribution in [3.8, 4) is 0 Å². The molecule has 0 aliphatic heterocycles. The van der Waals surface area contributed by atoms with Crippen LogP contribution < -0.4 is 11.5 Å². The molecule has 3 nitrogen and oxygen atoms in total. The summed E-state index contributed by atoms with van der Waals surface area (Å²) in [5.74, 6) is 0. The first-order valence-electron chi connectivity index (χ1n) is 3.46. The molecule has 0 aliphatic rings. The van der Waals surface area contributed by atoms with Gasteiger partial charge in [0.05, 0.1) is 12.6 Å². The van der Waals surface area contributed by atoms with Gasteiger partial charge in [-0.05, 0) is 17.7 Å². The molecule has 0 radical (unpaired) electrons. The average molecular weight is 152 g/mol. The van der Waals surface area contributed by atoms with Gasteiger partial charge in [-0.25, -0.2) is 0 Å². The molecule has 60 valence electrons. The van der Waals surface area contributed by atoms with E-state index in [9.17, 15) is 0 Å². The van der Waals surface area contributed by atoms with Crippen LogP contribution in [0.1, 0.15) is 11.6 Å². The van der Waals surface area contributed by atoms with Crippen LogP contribution in [0.2, 0.25) is 0 Å². The lowest BCUT2D eigenvalue weighted by molar-refractivity contribution is 0.268. The molecule has 11 heavy (non-hydrogen) atoms. The number of hydrogen-bond donors (Lipinski definition) is 3. The fourth-order valence-corrected chi connectivity index (χ4v) is 0.895. The van der Waals surface area contributed by atoms with Gasteiger partial charge in [-0.1, -0.05) is 12.1 Å². The third-order valence-corrected chi connectivity index (χ3v) is 1.54. The first-order valence-corrected chi connectivity index (χ1v) is 3.46. The van der Waals surface area contributed by atoms with Crippen LogP contribution in [0.15, 0.2) is 24.3 Å². The van der Waals surface area contributed by atoms with E-state index in [-0.39, 0.29) is 12.6 Å². The molecule has 0 aliphatic carbocycles. The van der Waals surface area contributed by atoms with Gasteiger partial charge in [0.1, 0.15) is 0 Å². The molecule has 3 heteroatoms. The Labute approximate surface area is 65.6 Å². The molecule has 0 spiro atoms. The Morgan fingerprint density at radius 1 is 1.45 bits per heavy atom. The number of anilines is 1. The molecule has 1 atom stereocenters. The Kier molecular flexibility index (Phi) is 2.46. The van der Waals surface area contributed by atoms with E-state index < -0.39 is 0 Å². The van der Waals surface area contributed by atoms with Crippen molar-refractivity contribution in [3.05, 3.63) is 29.8 Å². The average Bonchev–Trinajstić information content (AvgIpc) is 2.03. The molecule has 0 aromatic heterocycles. The number of nitrogens with two attached hydrogens (primary N) is 2. The standard InChI is InChI=1S/C8H12N2O/c9-7-3-1-2-6(4-7)8(10)5-11/h1-4,8,11H,5,9-10H2/t8-/m0/s1. The van der Waals surface area contributed by atoms with Gasteiger partial charge in [0.25, 0.3) is 0 Å². The summed E-state index contributed by atoms with van der Waals surface area (Å²) in [5, 5.41) is 8.71. The fraction of sp³-hybridized carbons (Fsp3) is 0.250. The van der Waals surface area contributed by atoms with Crippen LogP contribution >= 0.6 is 0 Å². The van der Waals surface area contributed by atoms with Gasteiger partial charge in [0, 0.05) is 5.69 Å². The second kappa shape index (κ2) is 3.37. The van der Waals surface area contributed by atoms with Crippen LogP contribution in [-0.2, 0) is 0 Å². The summed E-state index contributed by atoms with van der Waals surface area (Å²) in [6, 6.07) is 6.89. The topological polar surface area (TPSA) is 72.3 Å². The quantitative estimate of drug-likeness (QED) is 0.532. The lowest BCUT2D eigenvalue weighted by Gasteiger charge is -2.07. The third-order valence-electron chi connectivity index (χ3n) is 1.54. The van der Waals surface area contributed by atoms with Crippen LogP contribution in [0.5, 0.6) is 0 Å². The van der Waals surface area contributed by atoms with Crippen LogP contribution in [0, 0.1) is 0 Å². The van der Waals surface area contributed by atoms with E-state index in [0.717, 1.165) is 5.56 Å². The zero-order chi connectivity index (χ0) is 8.27. The SMILES string of the molecule is Nc1cccc([C@@H](N)CO)c1. The van der Waals surface area contributed by atoms with Gasteiger partial charge in [-0.15, -0.1) is 0 Å². The minimum Gasteiger partial charge on any atom is -0.399 e. The molecule has 0 fully saturated rings. The maximum Gasteiger partial charge on any atom is 0.0624 e. The lowest BCUT2D eigenvalue weighted by atomic mass is 10.1. The maximum atomic E-state index is 8.71. The number of nitrogen functional groups attached to an aromatic ring is 1. The second-order valence-corrected chi connectivity index (χ2v) is 2.46. The molecular weight excluding hydrogens is 140 g/mol. The molecule has 0 saturated carbocycles. The molecule has 0 unspecified atom stereocenters. The van der Waals surface area contributed by atoms with E-state index in [2.05, 4.69) is 0 Å². The minimum atomic E-state index is -0.321. The molecule has 0 saturated heterocycles. The van der Waals surface area contributed by atoms with E-state index in [1.54, 1.807) is 12.1 Å². The summed E-state index contributed by atoms with van der Waals surface area (Å²) in [4.78, 5) is 0. The van der Waals surface area contributed by atoms with E-state index >= 15 is 0 Å². The minimum absolute atomic E-state index is 0.0521. The van der Waals surface area contributed by atoms with Crippen LogP contribution in [0.25, 0.3) is 0 Å². The molecule has 0 amide bonds. The summed E-state index contributed by atoms with van der Waals surface area (Å²) in [6.07, 6.45) is 0. The van der Waals surface area contributed by atoms with Crippen LogP contribution in [0.3, 0.4) is 0 Å². The van der Waals surface area contributed by atoms with Crippen LogP contribution in [0.4, 0.5) is 5.69 Å². The lowest BCUT2D eigenvalue weighted by Crippen LogP contribution is -2.14. The summed E-state index contributed by atoms with van der Waals surface area (Å²) < 4.78 is 0. The zero-order valence-electron chi connectivity index (χ0n) is 6.20. The Balaban J connectivity index is 2.86. The van der Waals surface area contributed by atoms with Crippen LogP contribution in [-0.4, -0.2) is 11.7 Å². The smallest absolute Gasteiger partial charge is 0.0624 e. The monoisotopic (exact) mass is 152 g/mol. The highest BCUT2D eigenvalue weighted by molar-refractivity contribution is 5.41. The Bertz CT molecular complexity index is 237. The number of hydrogen-bond acceptors (Lipinski definition) is 3. The van der Waals surface area contributed by atoms with Crippen molar-refractivity contribution >= 4 is 5.69 Å². The highest BCUT2D eigenvalue weighted by atomic mass is 16.3. The Hall–Kier alpha value is -1.06. The predicted molar refractivity (Wildman–Crippen MR) is 44.9 cm³/mol. The maximum absolute atomic E-state index is 8.71. The van der Waals surface area contributed by atoms with Crippen molar-refractivity contribution in [1.29, 1.82) is 0 Å². The molecule has 1 rings (SSSR count). The summed E-state index contributed by atoms with van der Waals surface area (Å²) in [5.41, 5.74) is 12.6. The van der Waals surface area contributed by atoms with E-state index in [1.807, 2.05) is 12.1 Å². The molecule has 0 bridgehead atoms. The summed E-state index contributed by atoms with van der Waals surface area (Å²) in [7, 11) is 0. The van der Waals surface area contributed by atoms with Crippen molar-refractivity contribution in [2.75, 3.05) is 12.3 Å². The van der Waals surface area contributed by atoms with Crippen molar-refractivity contribution in [3.63, 3.8) is 0 Å². The van der Waals surface area contributed by atoms with E-state index in [0.29, 0.717) is 5.69 Å². The van der Waals surface area contributed by atoms with E-state index in [1.165, 1.54) is 0 Å². The molecule has 5 N–H and O–H groups in total. The highest BCUT2D eigenvalue weighted by Gasteiger charge is 2.02. The Morgan fingerprint density at radius 3 is 2.73 bits per heavy atom. The third kappa shape index (κ3) is 1.93. The number of benzene rings is 1. The van der Waals surface area contributed by atoms with Crippen molar-refractivity contribution in [2.24, 2.45) is 5.73 Å². The van der Waals surface area contributed by atoms with Gasteiger partial charge in [-0.2, -0.15) is 0 Å². The van der Waals surface area contributed by atoms with E-state index in [4.69, 9.17) is 16.6 Å². The largest absolute Gasteiger partial charge is 0.399 e. The first-order chi connectivity index (χ1) is 5.24. The van der Waals surface area contributed by atoms with Gasteiger partial charge in [0.2, 0.25) is 0 Å². The molecular formula is C8H12N2O. The number of rotatable bonds is 2. The Morgan fingerprint density at radius 2 is 2.18 bits per heavy atom. The van der Waals surface area contributed by atoms with Gasteiger partial charge in [-0.3, -0.25) is 0 Å². The van der Waals surface area contributed by atoms with Crippen molar-refractivity contribution in [1.82, 2.24) is 0 Å². The van der Waals surface area contributed by atoms with Gasteiger partial charge >= 0.3 is 0 Å². The fourth-order valence-electron chi connectivity index (χ4n) is 0.895. The van der Waals surface area contributed by atoms with Gasteiger partial charge in [0.15, 0.2) is 0 Å². The highest BCUT2D eigenvalue weighted by Crippen LogP contribution is 2.12. The summed E-state index contributed by atoms with van der Waals surface area (Å²) in [6.45, 7) is -0.0521. The number of aliphatic hydroxyl groups excluding tert-OH is 1. The molecule has 1 aromatic carbocycles. The molecule has 0 heterocycles. The predicted octanol–water partition coefficient (Wildman–Crippen LogP) is 0.261. The van der Waals surface area contributed by atoms with Crippen molar-refractivity contribution in [2.45, 2.75) is 6.04 Å². The number of aliphatic hydroxyl groups is 1. The van der Waals surface area contributed by atoms with Gasteiger partial charge < -0.3 is 16.6 Å². The first kappa shape index (κ1) is 8.04.